The van der Waals surface area contributed by atoms with Crippen molar-refractivity contribution in [1.82, 2.24) is 9.62 Å². The maximum absolute atomic E-state index is 12.8. The van der Waals surface area contributed by atoms with Crippen molar-refractivity contribution in [3.8, 4) is 5.75 Å². The van der Waals surface area contributed by atoms with Crippen LogP contribution in [0.1, 0.15) is 25.3 Å². The number of benzene rings is 2. The van der Waals surface area contributed by atoms with E-state index in [-0.39, 0.29) is 29.3 Å². The summed E-state index contributed by atoms with van der Waals surface area (Å²) in [5.74, 6) is 0.313. The quantitative estimate of drug-likeness (QED) is 0.753. The summed E-state index contributed by atoms with van der Waals surface area (Å²) in [4.78, 5) is 13.0. The van der Waals surface area contributed by atoms with Crippen LogP contribution in [0.25, 0.3) is 0 Å². The lowest BCUT2D eigenvalue weighted by Gasteiger charge is -2.31. The molecule has 0 saturated carbocycles. The molecule has 0 bridgehead atoms. The molecule has 0 spiro atoms. The number of nitrogens with zero attached hydrogens (tertiary/aromatic N) is 1. The van der Waals surface area contributed by atoms with Crippen LogP contribution < -0.4 is 10.1 Å². The molecule has 2 atom stereocenters. The van der Waals surface area contributed by atoms with E-state index in [1.165, 1.54) is 4.31 Å². The van der Waals surface area contributed by atoms with Crippen molar-refractivity contribution in [1.29, 1.82) is 0 Å². The highest BCUT2D eigenvalue weighted by atomic mass is 32.2. The number of piperidine rings is 1. The summed E-state index contributed by atoms with van der Waals surface area (Å²) >= 11 is 0. The third-order valence-electron chi connectivity index (χ3n) is 5.11. The highest BCUT2D eigenvalue weighted by Gasteiger charge is 2.33. The van der Waals surface area contributed by atoms with Gasteiger partial charge in [0.25, 0.3) is 0 Å². The molecule has 6 nitrogen and oxygen atoms in total. The molecular formula is C22H28N2O4S. The van der Waals surface area contributed by atoms with Crippen LogP contribution >= 0.6 is 0 Å². The van der Waals surface area contributed by atoms with E-state index in [1.54, 1.807) is 30.3 Å². The lowest BCUT2D eigenvalue weighted by molar-refractivity contribution is -0.126. The first-order valence-corrected chi connectivity index (χ1v) is 11.4. The predicted molar refractivity (Wildman–Crippen MR) is 112 cm³/mol. The predicted octanol–water partition coefficient (Wildman–Crippen LogP) is 2.98. The number of para-hydroxylation sites is 1. The standard InChI is InChI=1S/C22H28N2O4S/c1-17-9-6-7-13-21(17)28-16-18(2)23-22(25)19-10-8-14-24(15-19)29(26,27)20-11-4-3-5-12-20/h3-7,9,11-13,18-19H,8,10,14-16H2,1-2H3,(H,23,25). The van der Waals surface area contributed by atoms with Gasteiger partial charge < -0.3 is 10.1 Å². The van der Waals surface area contributed by atoms with E-state index in [1.807, 2.05) is 38.1 Å². The Kier molecular flexibility index (Phi) is 6.92. The maximum Gasteiger partial charge on any atom is 0.243 e. The first kappa shape index (κ1) is 21.3. The van der Waals surface area contributed by atoms with E-state index in [4.69, 9.17) is 4.74 Å². The van der Waals surface area contributed by atoms with Crippen molar-refractivity contribution in [3.05, 3.63) is 60.2 Å². The van der Waals surface area contributed by atoms with Crippen LogP contribution in [0.15, 0.2) is 59.5 Å². The van der Waals surface area contributed by atoms with Crippen LogP contribution in [0.5, 0.6) is 5.75 Å². The Morgan fingerprint density at radius 3 is 2.59 bits per heavy atom. The van der Waals surface area contributed by atoms with Crippen LogP contribution in [-0.4, -0.2) is 44.4 Å². The van der Waals surface area contributed by atoms with Crippen LogP contribution in [0, 0.1) is 12.8 Å². The molecule has 2 aromatic rings. The number of hydrogen-bond acceptors (Lipinski definition) is 4. The molecule has 1 saturated heterocycles. The number of sulfonamides is 1. The Morgan fingerprint density at radius 1 is 1.17 bits per heavy atom. The summed E-state index contributed by atoms with van der Waals surface area (Å²) < 4.78 is 32.9. The van der Waals surface area contributed by atoms with Gasteiger partial charge in [-0.05, 0) is 50.5 Å². The van der Waals surface area contributed by atoms with Gasteiger partial charge in [0.2, 0.25) is 15.9 Å². The lowest BCUT2D eigenvalue weighted by Crippen LogP contribution is -2.48. The Bertz CT molecular complexity index is 931. The molecule has 29 heavy (non-hydrogen) atoms. The molecule has 1 heterocycles. The minimum absolute atomic E-state index is 0.126. The Balaban J connectivity index is 1.56. The average molecular weight is 417 g/mol. The highest BCUT2D eigenvalue weighted by Crippen LogP contribution is 2.24. The molecule has 1 N–H and O–H groups in total. The molecule has 7 heteroatoms. The topological polar surface area (TPSA) is 75.7 Å². The second-order valence-corrected chi connectivity index (χ2v) is 9.44. The highest BCUT2D eigenvalue weighted by molar-refractivity contribution is 7.89. The van der Waals surface area contributed by atoms with E-state index in [0.29, 0.717) is 26.0 Å². The van der Waals surface area contributed by atoms with Gasteiger partial charge in [-0.25, -0.2) is 8.42 Å². The van der Waals surface area contributed by atoms with Crippen molar-refractivity contribution in [2.24, 2.45) is 5.92 Å². The number of carbonyl (C=O) groups is 1. The van der Waals surface area contributed by atoms with Gasteiger partial charge in [0, 0.05) is 13.1 Å². The van der Waals surface area contributed by atoms with Gasteiger partial charge >= 0.3 is 0 Å². The average Bonchev–Trinajstić information content (AvgIpc) is 2.74. The maximum atomic E-state index is 12.8. The van der Waals surface area contributed by atoms with Gasteiger partial charge in [0.05, 0.1) is 16.9 Å². The normalized spacial score (nSPS) is 18.8. The number of ether oxygens (including phenoxy) is 1. The molecule has 0 aliphatic carbocycles. The van der Waals surface area contributed by atoms with E-state index in [2.05, 4.69) is 5.32 Å². The number of aryl methyl sites for hydroxylation is 1. The summed E-state index contributed by atoms with van der Waals surface area (Å²) in [5, 5.41) is 2.97. The van der Waals surface area contributed by atoms with Gasteiger partial charge in [-0.3, -0.25) is 4.79 Å². The fraction of sp³-hybridized carbons (Fsp3) is 0.409. The van der Waals surface area contributed by atoms with E-state index in [9.17, 15) is 13.2 Å². The van der Waals surface area contributed by atoms with Crippen LogP contribution in [0.4, 0.5) is 0 Å². The van der Waals surface area contributed by atoms with Gasteiger partial charge in [-0.1, -0.05) is 36.4 Å². The molecule has 0 radical (unpaired) electrons. The van der Waals surface area contributed by atoms with Gasteiger partial charge in [-0.2, -0.15) is 4.31 Å². The third-order valence-corrected chi connectivity index (χ3v) is 6.99. The number of rotatable bonds is 7. The molecule has 3 rings (SSSR count). The second-order valence-electron chi connectivity index (χ2n) is 7.50. The summed E-state index contributed by atoms with van der Waals surface area (Å²) in [6, 6.07) is 15.9. The lowest BCUT2D eigenvalue weighted by atomic mass is 9.98. The Morgan fingerprint density at radius 2 is 1.86 bits per heavy atom. The molecule has 2 unspecified atom stereocenters. The molecule has 2 aromatic carbocycles. The minimum atomic E-state index is -3.58. The number of amides is 1. The zero-order chi connectivity index (χ0) is 20.9. The fourth-order valence-corrected chi connectivity index (χ4v) is 5.00. The molecule has 0 aromatic heterocycles. The van der Waals surface area contributed by atoms with Crippen molar-refractivity contribution in [2.45, 2.75) is 37.6 Å². The summed E-state index contributed by atoms with van der Waals surface area (Å²) in [7, 11) is -3.58. The molecule has 1 amide bonds. The third kappa shape index (κ3) is 5.36. The summed E-state index contributed by atoms with van der Waals surface area (Å²) in [6.45, 7) is 4.86. The first-order valence-electron chi connectivity index (χ1n) is 9.92. The monoisotopic (exact) mass is 416 g/mol. The molecule has 1 aliphatic rings. The molecular weight excluding hydrogens is 388 g/mol. The minimum Gasteiger partial charge on any atom is -0.491 e. The molecule has 156 valence electrons. The van der Waals surface area contributed by atoms with Crippen molar-refractivity contribution >= 4 is 15.9 Å². The van der Waals surface area contributed by atoms with Crippen molar-refractivity contribution < 1.29 is 17.9 Å². The van der Waals surface area contributed by atoms with E-state index in [0.717, 1.165) is 11.3 Å². The van der Waals surface area contributed by atoms with Crippen molar-refractivity contribution in [3.63, 3.8) is 0 Å². The Labute approximate surface area is 172 Å². The van der Waals surface area contributed by atoms with Crippen molar-refractivity contribution in [2.75, 3.05) is 19.7 Å². The van der Waals surface area contributed by atoms with Gasteiger partial charge in [0.15, 0.2) is 0 Å². The smallest absolute Gasteiger partial charge is 0.243 e. The Hall–Kier alpha value is -2.38. The SMILES string of the molecule is Cc1ccccc1OCC(C)NC(=O)C1CCCN(S(=O)(=O)c2ccccc2)C1. The summed E-state index contributed by atoms with van der Waals surface area (Å²) in [5.41, 5.74) is 1.04. The van der Waals surface area contributed by atoms with E-state index < -0.39 is 10.0 Å². The first-order chi connectivity index (χ1) is 13.9. The molecule has 1 aliphatic heterocycles. The largest absolute Gasteiger partial charge is 0.491 e. The number of hydrogen-bond donors (Lipinski definition) is 1. The zero-order valence-corrected chi connectivity index (χ0v) is 17.7. The van der Waals surface area contributed by atoms with E-state index >= 15 is 0 Å². The van der Waals surface area contributed by atoms with Gasteiger partial charge in [0.1, 0.15) is 12.4 Å². The van der Waals surface area contributed by atoms with Crippen LogP contribution in [-0.2, 0) is 14.8 Å². The van der Waals surface area contributed by atoms with Crippen LogP contribution in [0.2, 0.25) is 0 Å². The van der Waals surface area contributed by atoms with Gasteiger partial charge in [-0.15, -0.1) is 0 Å². The number of nitrogens with one attached hydrogen (secondary N) is 1. The molecule has 1 fully saturated rings. The number of carbonyl (C=O) groups excluding carboxylic acids is 1. The van der Waals surface area contributed by atoms with Crippen LogP contribution in [0.3, 0.4) is 0 Å². The fourth-order valence-electron chi connectivity index (χ4n) is 3.45. The zero-order valence-electron chi connectivity index (χ0n) is 16.9. The second kappa shape index (κ2) is 9.41. The summed E-state index contributed by atoms with van der Waals surface area (Å²) in [6.07, 6.45) is 1.34.